The SMILES string of the molecule is CCOC(=O)C1=C(C)N=c2s/c(=C/c3cc(Br)c(OCc4ccc5ccccc5c4)c(Br)c3)c(=O)n2[C@H]1c1ccc(C)cc1. The van der Waals surface area contributed by atoms with Crippen molar-refractivity contribution in [2.24, 2.45) is 4.99 Å². The molecule has 0 saturated heterocycles. The number of aromatic nitrogens is 1. The summed E-state index contributed by atoms with van der Waals surface area (Å²) >= 11 is 8.62. The molecule has 6 rings (SSSR count). The Bertz CT molecular complexity index is 2110. The molecule has 0 aliphatic carbocycles. The second kappa shape index (κ2) is 12.7. The molecule has 0 bridgehead atoms. The van der Waals surface area contributed by atoms with Crippen LogP contribution in [0.2, 0.25) is 0 Å². The van der Waals surface area contributed by atoms with Crippen LogP contribution >= 0.6 is 43.2 Å². The van der Waals surface area contributed by atoms with Crippen molar-refractivity contribution in [2.75, 3.05) is 6.61 Å². The first-order valence-electron chi connectivity index (χ1n) is 14.1. The van der Waals surface area contributed by atoms with E-state index >= 15 is 0 Å². The van der Waals surface area contributed by atoms with Gasteiger partial charge in [0.1, 0.15) is 12.4 Å². The van der Waals surface area contributed by atoms with Crippen LogP contribution in [0.25, 0.3) is 16.8 Å². The minimum absolute atomic E-state index is 0.225. The number of halogens is 2. The van der Waals surface area contributed by atoms with E-state index in [1.807, 2.05) is 61.5 Å². The summed E-state index contributed by atoms with van der Waals surface area (Å²) in [6.07, 6.45) is 1.84. The predicted molar refractivity (Wildman–Crippen MR) is 182 cm³/mol. The highest BCUT2D eigenvalue weighted by atomic mass is 79.9. The average Bonchev–Trinajstić information content (AvgIpc) is 3.30. The molecular weight excluding hydrogens is 704 g/mol. The van der Waals surface area contributed by atoms with Gasteiger partial charge in [0.15, 0.2) is 4.80 Å². The Morgan fingerprint density at radius 1 is 0.977 bits per heavy atom. The van der Waals surface area contributed by atoms with Gasteiger partial charge in [-0.2, -0.15) is 0 Å². The number of ether oxygens (including phenoxy) is 2. The molecule has 4 aromatic carbocycles. The van der Waals surface area contributed by atoms with Crippen LogP contribution < -0.4 is 19.6 Å². The van der Waals surface area contributed by atoms with Crippen LogP contribution in [0, 0.1) is 6.92 Å². The number of esters is 1. The van der Waals surface area contributed by atoms with Crippen molar-refractivity contribution in [3.05, 3.63) is 141 Å². The third kappa shape index (κ3) is 5.96. The Balaban J connectivity index is 1.35. The quantitative estimate of drug-likeness (QED) is 0.164. The van der Waals surface area contributed by atoms with Gasteiger partial charge in [0.25, 0.3) is 5.56 Å². The molecular formula is C35H28Br2N2O4S. The lowest BCUT2D eigenvalue weighted by molar-refractivity contribution is -0.139. The van der Waals surface area contributed by atoms with Crippen molar-refractivity contribution >= 4 is 66.0 Å². The molecule has 44 heavy (non-hydrogen) atoms. The van der Waals surface area contributed by atoms with Crippen LogP contribution in [0.4, 0.5) is 0 Å². The van der Waals surface area contributed by atoms with E-state index in [0.717, 1.165) is 36.6 Å². The summed E-state index contributed by atoms with van der Waals surface area (Å²) in [5.74, 6) is 0.201. The molecule has 0 fully saturated rings. The Kier molecular flexibility index (Phi) is 8.71. The van der Waals surface area contributed by atoms with Gasteiger partial charge in [-0.3, -0.25) is 9.36 Å². The number of carbonyl (C=O) groups is 1. The van der Waals surface area contributed by atoms with Crippen molar-refractivity contribution in [1.82, 2.24) is 4.57 Å². The third-order valence-corrected chi connectivity index (χ3v) is 9.59. The van der Waals surface area contributed by atoms with Crippen molar-refractivity contribution in [1.29, 1.82) is 0 Å². The highest BCUT2D eigenvalue weighted by Crippen LogP contribution is 2.36. The van der Waals surface area contributed by atoms with Gasteiger partial charge in [-0.1, -0.05) is 77.6 Å². The van der Waals surface area contributed by atoms with Gasteiger partial charge in [-0.25, -0.2) is 9.79 Å². The number of fused-ring (bicyclic) bond motifs is 2. The molecule has 1 aliphatic rings. The molecule has 222 valence electrons. The van der Waals surface area contributed by atoms with E-state index in [-0.39, 0.29) is 12.2 Å². The molecule has 0 N–H and O–H groups in total. The minimum atomic E-state index is -0.641. The summed E-state index contributed by atoms with van der Waals surface area (Å²) < 4.78 is 15.2. The van der Waals surface area contributed by atoms with Crippen LogP contribution in [0.1, 0.15) is 42.1 Å². The predicted octanol–water partition coefficient (Wildman–Crippen LogP) is 7.36. The van der Waals surface area contributed by atoms with Crippen LogP contribution in [-0.4, -0.2) is 17.1 Å². The molecule has 5 aromatic rings. The Morgan fingerprint density at radius 2 is 1.68 bits per heavy atom. The maximum Gasteiger partial charge on any atom is 0.338 e. The molecule has 0 radical (unpaired) electrons. The summed E-state index contributed by atoms with van der Waals surface area (Å²) in [5.41, 5.74) is 4.46. The number of nitrogens with zero attached hydrogens (tertiary/aromatic N) is 2. The number of thiazole rings is 1. The number of carbonyl (C=O) groups excluding carboxylic acids is 1. The third-order valence-electron chi connectivity index (χ3n) is 7.43. The van der Waals surface area contributed by atoms with Crippen molar-refractivity contribution in [3.8, 4) is 5.75 Å². The average molecular weight is 732 g/mol. The van der Waals surface area contributed by atoms with E-state index in [1.54, 1.807) is 18.4 Å². The van der Waals surface area contributed by atoms with Crippen molar-refractivity contribution in [3.63, 3.8) is 0 Å². The van der Waals surface area contributed by atoms with E-state index in [0.29, 0.717) is 33.0 Å². The first-order valence-corrected chi connectivity index (χ1v) is 16.5. The lowest BCUT2D eigenvalue weighted by Gasteiger charge is -2.24. The van der Waals surface area contributed by atoms with Gasteiger partial charge >= 0.3 is 5.97 Å². The van der Waals surface area contributed by atoms with Gasteiger partial charge in [0.2, 0.25) is 0 Å². The smallest absolute Gasteiger partial charge is 0.338 e. The fourth-order valence-corrected chi connectivity index (χ4v) is 7.79. The standard InChI is InChI=1S/C35H28Br2N2O4S/c1-4-42-34(41)30-21(3)38-35-39(31(30)25-12-9-20(2)10-13-25)33(40)29(44-35)18-23-16-27(36)32(28(37)17-23)43-19-22-11-14-24-7-5-6-8-26(24)15-22/h5-18,31H,4,19H2,1-3H3/b29-18+/t31-/m0/s1. The monoisotopic (exact) mass is 730 g/mol. The summed E-state index contributed by atoms with van der Waals surface area (Å²) in [6.45, 7) is 6.18. The number of aryl methyl sites for hydroxylation is 1. The zero-order chi connectivity index (χ0) is 31.0. The van der Waals surface area contributed by atoms with Gasteiger partial charge in [-0.05, 0) is 104 Å². The van der Waals surface area contributed by atoms with Gasteiger partial charge in [0, 0.05) is 0 Å². The molecule has 1 atom stereocenters. The van der Waals surface area contributed by atoms with Crippen LogP contribution in [0.5, 0.6) is 5.75 Å². The minimum Gasteiger partial charge on any atom is -0.487 e. The molecule has 0 spiro atoms. The fraction of sp³-hybridized carbons (Fsp3) is 0.171. The number of allylic oxidation sites excluding steroid dienone is 1. The van der Waals surface area contributed by atoms with Crippen molar-refractivity contribution in [2.45, 2.75) is 33.4 Å². The van der Waals surface area contributed by atoms with Crippen LogP contribution in [-0.2, 0) is 16.1 Å². The number of rotatable bonds is 7. The van der Waals surface area contributed by atoms with Crippen LogP contribution in [0.15, 0.2) is 109 Å². The number of hydrogen-bond acceptors (Lipinski definition) is 6. The number of benzene rings is 4. The Hall–Kier alpha value is -3.79. The zero-order valence-electron chi connectivity index (χ0n) is 24.3. The molecule has 1 aliphatic heterocycles. The van der Waals surface area contributed by atoms with Crippen LogP contribution in [0.3, 0.4) is 0 Å². The lowest BCUT2D eigenvalue weighted by Crippen LogP contribution is -2.39. The highest BCUT2D eigenvalue weighted by Gasteiger charge is 2.33. The maximum atomic E-state index is 13.9. The van der Waals surface area contributed by atoms with Gasteiger partial charge in [0.05, 0.1) is 37.4 Å². The van der Waals surface area contributed by atoms with Gasteiger partial charge in [-0.15, -0.1) is 0 Å². The molecule has 0 saturated carbocycles. The summed E-state index contributed by atoms with van der Waals surface area (Å²) in [5, 5.41) is 2.35. The van der Waals surface area contributed by atoms with E-state index in [9.17, 15) is 9.59 Å². The second-order valence-corrected chi connectivity index (χ2v) is 13.2. The maximum absolute atomic E-state index is 13.9. The molecule has 0 amide bonds. The molecule has 9 heteroatoms. The summed E-state index contributed by atoms with van der Waals surface area (Å²) in [6, 6.07) is 25.6. The van der Waals surface area contributed by atoms with Gasteiger partial charge < -0.3 is 9.47 Å². The Morgan fingerprint density at radius 3 is 2.39 bits per heavy atom. The van der Waals surface area contributed by atoms with E-state index in [4.69, 9.17) is 9.47 Å². The first kappa shape index (κ1) is 30.2. The van der Waals surface area contributed by atoms with Crippen molar-refractivity contribution < 1.29 is 14.3 Å². The van der Waals surface area contributed by atoms with E-state index < -0.39 is 12.0 Å². The molecule has 2 heterocycles. The largest absolute Gasteiger partial charge is 0.487 e. The Labute approximate surface area is 275 Å². The summed E-state index contributed by atoms with van der Waals surface area (Å²) in [7, 11) is 0. The second-order valence-electron chi connectivity index (χ2n) is 10.5. The molecule has 0 unspecified atom stereocenters. The normalized spacial score (nSPS) is 14.8. The first-order chi connectivity index (χ1) is 21.2. The zero-order valence-corrected chi connectivity index (χ0v) is 28.3. The highest BCUT2D eigenvalue weighted by molar-refractivity contribution is 9.11. The fourth-order valence-electron chi connectivity index (χ4n) is 5.29. The summed E-state index contributed by atoms with van der Waals surface area (Å²) in [4.78, 5) is 32.3. The number of hydrogen-bond donors (Lipinski definition) is 0. The molecule has 6 nitrogen and oxygen atoms in total. The van der Waals surface area contributed by atoms with E-state index in [2.05, 4.69) is 67.2 Å². The lowest BCUT2D eigenvalue weighted by atomic mass is 9.95. The molecule has 1 aromatic heterocycles. The van der Waals surface area contributed by atoms with E-state index in [1.165, 1.54) is 16.7 Å². The topological polar surface area (TPSA) is 69.9 Å².